The molecular formula is C19H25NO. The number of rotatable bonds is 3. The van der Waals surface area contributed by atoms with Gasteiger partial charge < -0.3 is 0 Å². The van der Waals surface area contributed by atoms with E-state index in [0.29, 0.717) is 0 Å². The molecular weight excluding hydrogens is 258 g/mol. The highest BCUT2D eigenvalue weighted by Gasteiger charge is 2.00. The number of hydrogen-bond donors (Lipinski definition) is 0. The normalized spacial score (nSPS) is 8.57. The van der Waals surface area contributed by atoms with Crippen molar-refractivity contribution in [3.8, 4) is 11.1 Å². The van der Waals surface area contributed by atoms with E-state index >= 15 is 0 Å². The molecule has 0 unspecified atom stereocenters. The summed E-state index contributed by atoms with van der Waals surface area (Å²) in [4.78, 5) is 10.1. The average molecular weight is 283 g/mol. The van der Waals surface area contributed by atoms with Crippen LogP contribution in [-0.4, -0.2) is 0 Å². The molecule has 0 bridgehead atoms. The van der Waals surface area contributed by atoms with E-state index in [9.17, 15) is 4.91 Å². The molecule has 2 heteroatoms. The Kier molecular flexibility index (Phi) is 10.4. The molecule has 0 atom stereocenters. The van der Waals surface area contributed by atoms with Gasteiger partial charge >= 0.3 is 0 Å². The van der Waals surface area contributed by atoms with E-state index in [1.807, 2.05) is 57.2 Å². The van der Waals surface area contributed by atoms with Gasteiger partial charge in [0.25, 0.3) is 0 Å². The van der Waals surface area contributed by atoms with E-state index in [2.05, 4.69) is 30.8 Å². The number of aryl methyl sites for hydroxylation is 1. The van der Waals surface area contributed by atoms with Gasteiger partial charge in [0.05, 0.1) is 0 Å². The quantitative estimate of drug-likeness (QED) is 0.491. The lowest BCUT2D eigenvalue weighted by Crippen LogP contribution is -1.84. The van der Waals surface area contributed by atoms with Crippen LogP contribution >= 0.6 is 0 Å². The molecule has 2 rings (SSSR count). The second kappa shape index (κ2) is 11.6. The van der Waals surface area contributed by atoms with E-state index in [1.54, 1.807) is 6.08 Å². The van der Waals surface area contributed by atoms with Gasteiger partial charge in [-0.3, -0.25) is 0 Å². The van der Waals surface area contributed by atoms with Gasteiger partial charge in [0, 0.05) is 0 Å². The van der Waals surface area contributed by atoms with Crippen molar-refractivity contribution >= 4 is 0 Å². The Labute approximate surface area is 128 Å². The lowest BCUT2D eigenvalue weighted by atomic mass is 10.00. The van der Waals surface area contributed by atoms with Gasteiger partial charge in [-0.1, -0.05) is 73.6 Å². The molecule has 0 fully saturated rings. The van der Waals surface area contributed by atoms with E-state index in [1.165, 1.54) is 16.7 Å². The minimum absolute atomic E-state index is 0.244. The van der Waals surface area contributed by atoms with Crippen molar-refractivity contribution in [2.24, 2.45) is 5.18 Å². The topological polar surface area (TPSA) is 29.4 Å². The summed E-state index contributed by atoms with van der Waals surface area (Å²) >= 11 is 0. The molecule has 0 N–H and O–H groups in total. The molecule has 0 radical (unpaired) electrons. The molecule has 0 saturated carbocycles. The third-order valence-electron chi connectivity index (χ3n) is 2.66. The minimum Gasteiger partial charge on any atom is -0.150 e. The van der Waals surface area contributed by atoms with Crippen LogP contribution in [0, 0.1) is 11.8 Å². The maximum Gasteiger partial charge on any atom is 0.106 e. The number of nitroso groups, excluding NO2 is 1. The van der Waals surface area contributed by atoms with Crippen LogP contribution in [0.2, 0.25) is 0 Å². The minimum atomic E-state index is 0.244. The second-order valence-corrected chi connectivity index (χ2v) is 4.21. The Hall–Kier alpha value is -2.22. The van der Waals surface area contributed by atoms with Gasteiger partial charge in [-0.25, -0.2) is 0 Å². The molecule has 0 amide bonds. The summed E-state index contributed by atoms with van der Waals surface area (Å²) in [7, 11) is 0. The molecule has 0 spiro atoms. The zero-order chi connectivity index (χ0) is 16.1. The highest BCUT2D eigenvalue weighted by Crippen LogP contribution is 2.23. The van der Waals surface area contributed by atoms with Crippen LogP contribution < -0.4 is 0 Å². The first kappa shape index (κ1) is 18.8. The van der Waals surface area contributed by atoms with E-state index in [-0.39, 0.29) is 6.54 Å². The fourth-order valence-electron chi connectivity index (χ4n) is 1.76. The van der Waals surface area contributed by atoms with E-state index < -0.39 is 0 Å². The summed E-state index contributed by atoms with van der Waals surface area (Å²) in [5.74, 6) is 0. The molecule has 0 saturated heterocycles. The zero-order valence-electron chi connectivity index (χ0n) is 13.5. The molecule has 0 aliphatic rings. The van der Waals surface area contributed by atoms with Gasteiger partial charge in [0.2, 0.25) is 0 Å². The van der Waals surface area contributed by atoms with Crippen LogP contribution in [0.3, 0.4) is 0 Å². The fraction of sp³-hybridized carbons (Fsp3) is 0.263. The predicted octanol–water partition coefficient (Wildman–Crippen LogP) is 6.15. The summed E-state index contributed by atoms with van der Waals surface area (Å²) in [6.07, 6.45) is 1.75. The summed E-state index contributed by atoms with van der Waals surface area (Å²) in [5.41, 5.74) is 4.61. The zero-order valence-corrected chi connectivity index (χ0v) is 13.5. The number of benzene rings is 2. The van der Waals surface area contributed by atoms with Crippen molar-refractivity contribution in [2.75, 3.05) is 0 Å². The predicted molar refractivity (Wildman–Crippen MR) is 93.3 cm³/mol. The van der Waals surface area contributed by atoms with Crippen molar-refractivity contribution in [2.45, 2.75) is 34.2 Å². The Morgan fingerprint density at radius 3 is 2.05 bits per heavy atom. The number of hydrogen-bond acceptors (Lipinski definition) is 2. The SMILES string of the molecule is C=CC.CC.Cc1ccccc1-c1ccc(CN=O)cc1. The van der Waals surface area contributed by atoms with E-state index in [4.69, 9.17) is 0 Å². The second-order valence-electron chi connectivity index (χ2n) is 4.21. The standard InChI is InChI=1S/C14H13NO.C3H6.C2H6/c1-11-4-2-3-5-14(11)13-8-6-12(7-9-13)10-15-16;1-3-2;1-2/h2-9H,10H2,1H3;3H,1H2,2H3;1-2H3. The largest absolute Gasteiger partial charge is 0.150 e. The Balaban J connectivity index is 0.000000713. The van der Waals surface area contributed by atoms with Gasteiger partial charge in [0.15, 0.2) is 0 Å². The van der Waals surface area contributed by atoms with Crippen LogP contribution in [0.15, 0.2) is 66.4 Å². The van der Waals surface area contributed by atoms with Gasteiger partial charge in [0.1, 0.15) is 6.54 Å². The lowest BCUT2D eigenvalue weighted by molar-refractivity contribution is 1.06. The highest BCUT2D eigenvalue weighted by molar-refractivity contribution is 5.67. The third-order valence-corrected chi connectivity index (χ3v) is 2.66. The first-order valence-corrected chi connectivity index (χ1v) is 7.24. The van der Waals surface area contributed by atoms with Crippen molar-refractivity contribution < 1.29 is 0 Å². The molecule has 2 nitrogen and oxygen atoms in total. The third kappa shape index (κ3) is 6.66. The van der Waals surface area contributed by atoms with Crippen molar-refractivity contribution in [1.82, 2.24) is 0 Å². The maximum atomic E-state index is 10.1. The molecule has 0 aliphatic carbocycles. The lowest BCUT2D eigenvalue weighted by Gasteiger charge is -2.05. The molecule has 112 valence electrons. The summed E-state index contributed by atoms with van der Waals surface area (Å²) in [6, 6.07) is 16.2. The number of nitrogens with zero attached hydrogens (tertiary/aromatic N) is 1. The summed E-state index contributed by atoms with van der Waals surface area (Å²) in [6.45, 7) is 11.6. The smallest absolute Gasteiger partial charge is 0.106 e. The fourth-order valence-corrected chi connectivity index (χ4v) is 1.76. The summed E-state index contributed by atoms with van der Waals surface area (Å²) in [5, 5.41) is 2.88. The van der Waals surface area contributed by atoms with Crippen molar-refractivity contribution in [3.05, 3.63) is 77.2 Å². The first-order chi connectivity index (χ1) is 10.2. The molecule has 0 aliphatic heterocycles. The van der Waals surface area contributed by atoms with Crippen LogP contribution in [0.5, 0.6) is 0 Å². The van der Waals surface area contributed by atoms with Crippen molar-refractivity contribution in [3.63, 3.8) is 0 Å². The number of allylic oxidation sites excluding steroid dienone is 1. The van der Waals surface area contributed by atoms with Crippen molar-refractivity contribution in [1.29, 1.82) is 0 Å². The Bertz CT molecular complexity index is 530. The van der Waals surface area contributed by atoms with Crippen LogP contribution in [0.1, 0.15) is 31.9 Å². The molecule has 0 aromatic heterocycles. The molecule has 2 aromatic carbocycles. The molecule has 2 aromatic rings. The van der Waals surface area contributed by atoms with E-state index in [0.717, 1.165) is 5.56 Å². The maximum absolute atomic E-state index is 10.1. The summed E-state index contributed by atoms with van der Waals surface area (Å²) < 4.78 is 0. The van der Waals surface area contributed by atoms with Gasteiger partial charge in [-0.05, 0) is 36.1 Å². The molecule has 0 heterocycles. The van der Waals surface area contributed by atoms with Crippen LogP contribution in [-0.2, 0) is 6.54 Å². The van der Waals surface area contributed by atoms with Crippen LogP contribution in [0.4, 0.5) is 0 Å². The Morgan fingerprint density at radius 1 is 1.05 bits per heavy atom. The first-order valence-electron chi connectivity index (χ1n) is 7.24. The highest BCUT2D eigenvalue weighted by atomic mass is 16.3. The molecule has 21 heavy (non-hydrogen) atoms. The monoisotopic (exact) mass is 283 g/mol. The van der Waals surface area contributed by atoms with Gasteiger partial charge in [-0.2, -0.15) is 4.91 Å². The Morgan fingerprint density at radius 2 is 1.57 bits per heavy atom. The average Bonchev–Trinajstić information content (AvgIpc) is 2.52. The van der Waals surface area contributed by atoms with Gasteiger partial charge in [-0.15, -0.1) is 6.58 Å². The van der Waals surface area contributed by atoms with Crippen LogP contribution in [0.25, 0.3) is 11.1 Å².